The third-order valence-corrected chi connectivity index (χ3v) is 4.16. The van der Waals surface area contributed by atoms with Crippen molar-refractivity contribution in [3.05, 3.63) is 0 Å². The van der Waals surface area contributed by atoms with Gasteiger partial charge < -0.3 is 33.9 Å². The minimum atomic E-state index is -0.124. The van der Waals surface area contributed by atoms with E-state index in [0.717, 1.165) is 13.0 Å². The van der Waals surface area contributed by atoms with Crippen LogP contribution in [0.25, 0.3) is 0 Å². The summed E-state index contributed by atoms with van der Waals surface area (Å²) in [5.41, 5.74) is 0. The van der Waals surface area contributed by atoms with Gasteiger partial charge in [-0.2, -0.15) is 0 Å². The van der Waals surface area contributed by atoms with Crippen LogP contribution in [0.5, 0.6) is 0 Å². The Bertz CT molecular complexity index is 304. The van der Waals surface area contributed by atoms with E-state index in [-0.39, 0.29) is 43.7 Å². The molecule has 0 aliphatic rings. The lowest BCUT2D eigenvalue weighted by molar-refractivity contribution is -0.0677. The van der Waals surface area contributed by atoms with Crippen molar-refractivity contribution in [3.63, 3.8) is 0 Å². The molecule has 29 heavy (non-hydrogen) atoms. The highest BCUT2D eigenvalue weighted by Gasteiger charge is 2.08. The smallest absolute Gasteiger partial charge is 0.0781 e. The van der Waals surface area contributed by atoms with Crippen molar-refractivity contribution >= 4 is 0 Å². The third kappa shape index (κ3) is 23.9. The lowest BCUT2D eigenvalue weighted by atomic mass is 10.2. The fraction of sp³-hybridized carbons (Fsp3) is 1.00. The quantitative estimate of drug-likeness (QED) is 0.327. The topological polar surface area (TPSA) is 86.6 Å². The molecule has 5 atom stereocenters. The van der Waals surface area contributed by atoms with E-state index in [4.69, 9.17) is 33.9 Å². The number of aliphatic hydroxyl groups is 2. The highest BCUT2D eigenvalue weighted by molar-refractivity contribution is 4.54. The first-order valence-corrected chi connectivity index (χ1v) is 11.0. The monoisotopic (exact) mass is 424 g/mol. The molecule has 0 aliphatic carbocycles. The highest BCUT2D eigenvalue weighted by atomic mass is 16.6. The van der Waals surface area contributed by atoms with E-state index < -0.39 is 0 Å². The van der Waals surface area contributed by atoms with Crippen molar-refractivity contribution in [3.8, 4) is 0 Å². The van der Waals surface area contributed by atoms with E-state index in [1.54, 1.807) is 7.11 Å². The van der Waals surface area contributed by atoms with Crippen molar-refractivity contribution in [2.75, 3.05) is 46.8 Å². The fourth-order valence-electron chi connectivity index (χ4n) is 1.98. The molecule has 0 aliphatic heterocycles. The number of ether oxygens (including phenoxy) is 5. The molecule has 0 bridgehead atoms. The summed E-state index contributed by atoms with van der Waals surface area (Å²) in [6.45, 7) is 14.3. The summed E-state index contributed by atoms with van der Waals surface area (Å²) >= 11 is 0. The van der Waals surface area contributed by atoms with Gasteiger partial charge in [0.15, 0.2) is 0 Å². The van der Waals surface area contributed by atoms with Crippen molar-refractivity contribution in [1.29, 1.82) is 0 Å². The van der Waals surface area contributed by atoms with E-state index in [9.17, 15) is 0 Å². The van der Waals surface area contributed by atoms with Crippen LogP contribution in [0.1, 0.15) is 67.2 Å². The van der Waals surface area contributed by atoms with Gasteiger partial charge in [-0.3, -0.25) is 0 Å². The lowest BCUT2D eigenvalue weighted by Crippen LogP contribution is -2.25. The fourth-order valence-corrected chi connectivity index (χ4v) is 1.98. The Hall–Kier alpha value is -0.280. The van der Waals surface area contributed by atoms with Gasteiger partial charge in [0.25, 0.3) is 0 Å². The van der Waals surface area contributed by atoms with Gasteiger partial charge in [-0.05, 0) is 41.0 Å². The summed E-state index contributed by atoms with van der Waals surface area (Å²) in [5, 5.41) is 17.5. The zero-order chi connectivity index (χ0) is 22.5. The van der Waals surface area contributed by atoms with Gasteiger partial charge in [0, 0.05) is 13.7 Å². The molecule has 178 valence electrons. The molecule has 0 spiro atoms. The van der Waals surface area contributed by atoms with Crippen LogP contribution in [-0.4, -0.2) is 87.5 Å². The van der Waals surface area contributed by atoms with Crippen molar-refractivity contribution < 1.29 is 33.9 Å². The summed E-state index contributed by atoms with van der Waals surface area (Å²) in [7, 11) is 1.66. The van der Waals surface area contributed by atoms with E-state index in [1.807, 2.05) is 34.6 Å². The first-order valence-electron chi connectivity index (χ1n) is 11.0. The number of rotatable bonds is 18. The van der Waals surface area contributed by atoms with Crippen LogP contribution >= 0.6 is 0 Å². The van der Waals surface area contributed by atoms with Crippen LogP contribution < -0.4 is 0 Å². The van der Waals surface area contributed by atoms with E-state index in [0.29, 0.717) is 19.8 Å². The maximum absolute atomic E-state index is 8.76. The van der Waals surface area contributed by atoms with E-state index >= 15 is 0 Å². The molecular weight excluding hydrogens is 376 g/mol. The van der Waals surface area contributed by atoms with Gasteiger partial charge in [-0.25, -0.2) is 0 Å². The van der Waals surface area contributed by atoms with Gasteiger partial charge in [-0.1, -0.05) is 26.2 Å². The second-order valence-corrected chi connectivity index (χ2v) is 7.59. The largest absolute Gasteiger partial charge is 0.394 e. The van der Waals surface area contributed by atoms with E-state index in [1.165, 1.54) is 19.3 Å². The summed E-state index contributed by atoms with van der Waals surface area (Å²) in [6.07, 6.45) is 4.97. The molecule has 0 saturated heterocycles. The standard InChI is InChI=1S/C12H26O3.C10H22O4/c1-4-5-6-7-8-14-12(3)10-15-11(2)9-13;1-8(5-11)13-7-10(3)14-6-9(2)12-4/h11-13H,4-10H2,1-3H3;8-11H,5-7H2,1-4H3. The number of aliphatic hydroxyl groups excluding tert-OH is 2. The molecule has 0 saturated carbocycles. The van der Waals surface area contributed by atoms with Crippen LogP contribution in [0.3, 0.4) is 0 Å². The van der Waals surface area contributed by atoms with Crippen molar-refractivity contribution in [2.45, 2.75) is 97.7 Å². The Balaban J connectivity index is 0. The molecule has 0 amide bonds. The number of hydrogen-bond donors (Lipinski definition) is 2. The average Bonchev–Trinajstić information content (AvgIpc) is 2.74. The molecule has 7 nitrogen and oxygen atoms in total. The predicted octanol–water partition coefficient (Wildman–Crippen LogP) is 3.19. The third-order valence-electron chi connectivity index (χ3n) is 4.16. The van der Waals surface area contributed by atoms with Gasteiger partial charge in [0.05, 0.1) is 63.6 Å². The molecular formula is C22H48O7. The zero-order valence-corrected chi connectivity index (χ0v) is 19.9. The normalized spacial score (nSPS) is 16.4. The SMILES string of the molecule is CCCCCCOC(C)COC(C)CO.COC(C)COC(C)COC(C)CO. The Kier molecular flexibility index (Phi) is 23.9. The Morgan fingerprint density at radius 1 is 0.586 bits per heavy atom. The van der Waals surface area contributed by atoms with Crippen molar-refractivity contribution in [1.82, 2.24) is 0 Å². The number of unbranched alkanes of at least 4 members (excludes halogenated alkanes) is 3. The summed E-state index contributed by atoms with van der Waals surface area (Å²) in [6, 6.07) is 0. The van der Waals surface area contributed by atoms with Crippen LogP contribution in [0, 0.1) is 0 Å². The molecule has 5 unspecified atom stereocenters. The van der Waals surface area contributed by atoms with Crippen LogP contribution in [-0.2, 0) is 23.7 Å². The number of methoxy groups -OCH3 is 1. The minimum Gasteiger partial charge on any atom is -0.394 e. The molecule has 0 aromatic rings. The Morgan fingerprint density at radius 3 is 1.48 bits per heavy atom. The average molecular weight is 425 g/mol. The molecule has 0 radical (unpaired) electrons. The molecule has 0 aromatic heterocycles. The maximum atomic E-state index is 8.76. The molecule has 0 fully saturated rings. The predicted molar refractivity (Wildman–Crippen MR) is 116 cm³/mol. The number of hydrogen-bond acceptors (Lipinski definition) is 7. The lowest BCUT2D eigenvalue weighted by Gasteiger charge is -2.18. The summed E-state index contributed by atoms with van der Waals surface area (Å²) in [5.74, 6) is 0. The maximum Gasteiger partial charge on any atom is 0.0781 e. The molecule has 0 heterocycles. The first kappa shape index (κ1) is 30.9. The minimum absolute atomic E-state index is 0.0293. The van der Waals surface area contributed by atoms with Crippen LogP contribution in [0.2, 0.25) is 0 Å². The molecule has 7 heteroatoms. The molecule has 0 rings (SSSR count). The van der Waals surface area contributed by atoms with Gasteiger partial charge in [0.2, 0.25) is 0 Å². The molecule has 0 aromatic carbocycles. The zero-order valence-electron chi connectivity index (χ0n) is 19.9. The second kappa shape index (κ2) is 22.4. The second-order valence-electron chi connectivity index (χ2n) is 7.59. The molecule has 2 N–H and O–H groups in total. The first-order chi connectivity index (χ1) is 13.8. The van der Waals surface area contributed by atoms with E-state index in [2.05, 4.69) is 6.92 Å². The summed E-state index contributed by atoms with van der Waals surface area (Å²) in [4.78, 5) is 0. The van der Waals surface area contributed by atoms with Gasteiger partial charge >= 0.3 is 0 Å². The van der Waals surface area contributed by atoms with Crippen LogP contribution in [0.15, 0.2) is 0 Å². The Morgan fingerprint density at radius 2 is 1.03 bits per heavy atom. The highest BCUT2D eigenvalue weighted by Crippen LogP contribution is 2.02. The summed E-state index contributed by atoms with van der Waals surface area (Å²) < 4.78 is 26.7. The van der Waals surface area contributed by atoms with Gasteiger partial charge in [0.1, 0.15) is 0 Å². The Labute approximate surface area is 179 Å². The van der Waals surface area contributed by atoms with Gasteiger partial charge in [-0.15, -0.1) is 0 Å². The van der Waals surface area contributed by atoms with Crippen molar-refractivity contribution in [2.24, 2.45) is 0 Å². The van der Waals surface area contributed by atoms with Crippen LogP contribution in [0.4, 0.5) is 0 Å².